The highest BCUT2D eigenvalue weighted by atomic mass is 35.5. The molecule has 0 amide bonds. The number of aromatic carboxylic acids is 1. The Bertz CT molecular complexity index is 855. The predicted molar refractivity (Wildman–Crippen MR) is 113 cm³/mol. The van der Waals surface area contributed by atoms with Crippen LogP contribution >= 0.6 is 23.2 Å². The molecule has 0 radical (unpaired) electrons. The summed E-state index contributed by atoms with van der Waals surface area (Å²) in [7, 11) is 0. The van der Waals surface area contributed by atoms with Crippen LogP contribution in [0.3, 0.4) is 0 Å². The highest BCUT2D eigenvalue weighted by Gasteiger charge is 2.21. The van der Waals surface area contributed by atoms with Gasteiger partial charge in [-0.15, -0.1) is 0 Å². The van der Waals surface area contributed by atoms with Crippen LogP contribution in [0.1, 0.15) is 66.9 Å². The number of anilines is 1. The van der Waals surface area contributed by atoms with Crippen molar-refractivity contribution < 1.29 is 20.1 Å². The lowest BCUT2D eigenvalue weighted by atomic mass is 9.91. The highest BCUT2D eigenvalue weighted by molar-refractivity contribution is 6.35. The second-order valence-electron chi connectivity index (χ2n) is 6.87. The first-order chi connectivity index (χ1) is 13.3. The minimum atomic E-state index is -1.18. The van der Waals surface area contributed by atoms with Crippen LogP contribution in [0.4, 0.5) is 5.69 Å². The normalized spacial score (nSPS) is 12.0. The van der Waals surface area contributed by atoms with Gasteiger partial charge < -0.3 is 20.6 Å². The summed E-state index contributed by atoms with van der Waals surface area (Å²) in [6.45, 7) is 4.30. The van der Waals surface area contributed by atoms with Crippen molar-refractivity contribution in [3.63, 3.8) is 0 Å². The molecule has 4 N–H and O–H groups in total. The molecule has 0 aliphatic heterocycles. The van der Waals surface area contributed by atoms with Gasteiger partial charge in [-0.05, 0) is 36.6 Å². The molecule has 0 aliphatic carbocycles. The average molecular weight is 426 g/mol. The fourth-order valence-electron chi connectivity index (χ4n) is 3.22. The number of unbranched alkanes of at least 4 members (excludes halogenated alkanes) is 2. The van der Waals surface area contributed by atoms with Gasteiger partial charge in [-0.2, -0.15) is 0 Å². The zero-order valence-corrected chi connectivity index (χ0v) is 17.4. The molecule has 2 rings (SSSR count). The zero-order valence-electron chi connectivity index (χ0n) is 15.9. The van der Waals surface area contributed by atoms with E-state index >= 15 is 0 Å². The quantitative estimate of drug-likeness (QED) is 0.349. The molecule has 0 aliphatic rings. The van der Waals surface area contributed by atoms with Crippen molar-refractivity contribution in [3.05, 3.63) is 51.0 Å². The summed E-state index contributed by atoms with van der Waals surface area (Å²) < 4.78 is 0. The van der Waals surface area contributed by atoms with Crippen LogP contribution in [0.15, 0.2) is 24.3 Å². The summed E-state index contributed by atoms with van der Waals surface area (Å²) in [6, 6.07) is 6.06. The average Bonchev–Trinajstić information content (AvgIpc) is 2.63. The molecule has 0 aromatic heterocycles. The van der Waals surface area contributed by atoms with Gasteiger partial charge in [0.2, 0.25) is 0 Å². The van der Waals surface area contributed by atoms with E-state index in [4.69, 9.17) is 23.2 Å². The number of phenols is 2. The highest BCUT2D eigenvalue weighted by Crippen LogP contribution is 2.39. The smallest absolute Gasteiger partial charge is 0.339 e. The first kappa shape index (κ1) is 22.2. The molecule has 1 atom stereocenters. The maximum absolute atomic E-state index is 11.4. The maximum Gasteiger partial charge on any atom is 0.339 e. The third-order valence-corrected chi connectivity index (χ3v) is 5.26. The van der Waals surface area contributed by atoms with E-state index in [1.165, 1.54) is 12.1 Å². The van der Waals surface area contributed by atoms with Gasteiger partial charge in [-0.25, -0.2) is 4.79 Å². The zero-order chi connectivity index (χ0) is 20.8. The number of rotatable bonds is 9. The van der Waals surface area contributed by atoms with Crippen molar-refractivity contribution in [2.24, 2.45) is 0 Å². The van der Waals surface area contributed by atoms with Gasteiger partial charge in [0.05, 0.1) is 5.02 Å². The first-order valence-electron chi connectivity index (χ1n) is 9.26. The summed E-state index contributed by atoms with van der Waals surface area (Å²) >= 11 is 12.0. The van der Waals surface area contributed by atoms with Gasteiger partial charge in [-0.1, -0.05) is 56.3 Å². The largest absolute Gasteiger partial charge is 0.507 e. The molecule has 2 aromatic carbocycles. The Balaban J connectivity index is 2.35. The number of benzene rings is 2. The monoisotopic (exact) mass is 425 g/mol. The van der Waals surface area contributed by atoms with Crippen LogP contribution in [-0.2, 0) is 6.54 Å². The van der Waals surface area contributed by atoms with Crippen LogP contribution in [0.2, 0.25) is 10.0 Å². The maximum atomic E-state index is 11.4. The van der Waals surface area contributed by atoms with E-state index < -0.39 is 5.97 Å². The Hall–Kier alpha value is -2.11. The molecule has 7 heteroatoms. The minimum absolute atomic E-state index is 0.0371. The molecule has 152 valence electrons. The van der Waals surface area contributed by atoms with Crippen LogP contribution in [-0.4, -0.2) is 21.3 Å². The lowest BCUT2D eigenvalue weighted by Crippen LogP contribution is -2.08. The minimum Gasteiger partial charge on any atom is -0.507 e. The molecule has 0 saturated carbocycles. The lowest BCUT2D eigenvalue weighted by molar-refractivity contribution is 0.0693. The van der Waals surface area contributed by atoms with Crippen LogP contribution in [0.5, 0.6) is 11.5 Å². The number of aromatic hydroxyl groups is 2. The molecular weight excluding hydrogens is 401 g/mol. The van der Waals surface area contributed by atoms with Crippen molar-refractivity contribution in [3.8, 4) is 11.5 Å². The van der Waals surface area contributed by atoms with Crippen molar-refractivity contribution in [1.82, 2.24) is 0 Å². The number of halogens is 2. The molecule has 1 unspecified atom stereocenters. The topological polar surface area (TPSA) is 89.8 Å². The van der Waals surface area contributed by atoms with Gasteiger partial charge >= 0.3 is 5.97 Å². The van der Waals surface area contributed by atoms with Gasteiger partial charge in [0.1, 0.15) is 17.1 Å². The van der Waals surface area contributed by atoms with E-state index in [1.54, 1.807) is 12.1 Å². The summed E-state index contributed by atoms with van der Waals surface area (Å²) in [4.78, 5) is 11.4. The predicted octanol–water partition coefficient (Wildman–Crippen LogP) is 6.40. The second kappa shape index (κ2) is 9.89. The molecule has 0 fully saturated rings. The Morgan fingerprint density at radius 2 is 1.86 bits per heavy atom. The molecular formula is C21H25Cl2NO4. The van der Waals surface area contributed by atoms with E-state index in [-0.39, 0.29) is 34.5 Å². The van der Waals surface area contributed by atoms with Crippen molar-refractivity contribution in [2.75, 3.05) is 5.32 Å². The van der Waals surface area contributed by atoms with Crippen LogP contribution < -0.4 is 5.32 Å². The number of nitrogens with one attached hydrogen (secondary N) is 1. The van der Waals surface area contributed by atoms with Crippen molar-refractivity contribution >= 4 is 34.9 Å². The fraction of sp³-hybridized carbons (Fsp3) is 0.381. The summed E-state index contributed by atoms with van der Waals surface area (Å²) in [5.74, 6) is -1.51. The molecule has 0 bridgehead atoms. The molecule has 5 nitrogen and oxygen atoms in total. The second-order valence-corrected chi connectivity index (χ2v) is 7.72. The van der Waals surface area contributed by atoms with Crippen LogP contribution in [0, 0.1) is 0 Å². The van der Waals surface area contributed by atoms with Crippen molar-refractivity contribution in [2.45, 2.75) is 52.0 Å². The molecule has 2 aromatic rings. The molecule has 0 heterocycles. The van der Waals surface area contributed by atoms with Crippen molar-refractivity contribution in [1.29, 1.82) is 0 Å². The third-order valence-electron chi connectivity index (χ3n) is 4.76. The lowest BCUT2D eigenvalue weighted by Gasteiger charge is -2.21. The Morgan fingerprint density at radius 1 is 1.14 bits per heavy atom. The number of hydrogen-bond acceptors (Lipinski definition) is 4. The Kier molecular flexibility index (Phi) is 7.84. The summed E-state index contributed by atoms with van der Waals surface area (Å²) in [6.07, 6.45) is 3.96. The molecule has 0 saturated heterocycles. The third kappa shape index (κ3) is 5.24. The number of phenolic OH excluding ortho intramolecular Hbond substituents is 1. The number of carbonyl (C=O) groups is 1. The first-order valence-corrected chi connectivity index (χ1v) is 10.0. The van der Waals surface area contributed by atoms with Gasteiger partial charge in [-0.3, -0.25) is 0 Å². The summed E-state index contributed by atoms with van der Waals surface area (Å²) in [5.41, 5.74) is 1.55. The SMILES string of the molecule is CCCCCC(C)c1c(NCc2cc(Cl)cc(Cl)c2O)ccc(C(=O)O)c1O. The van der Waals surface area contributed by atoms with E-state index in [0.29, 0.717) is 21.8 Å². The van der Waals surface area contributed by atoms with Gasteiger partial charge in [0.15, 0.2) is 0 Å². The number of carboxylic acids is 1. The Morgan fingerprint density at radius 3 is 2.50 bits per heavy atom. The Labute approximate surface area is 174 Å². The van der Waals surface area contributed by atoms with E-state index in [1.807, 2.05) is 6.92 Å². The summed E-state index contributed by atoms with van der Waals surface area (Å²) in [5, 5.41) is 33.8. The number of hydrogen-bond donors (Lipinski definition) is 4. The number of carboxylic acid groups (broad SMARTS) is 1. The molecule has 28 heavy (non-hydrogen) atoms. The van der Waals surface area contributed by atoms with Gasteiger partial charge in [0, 0.05) is 28.4 Å². The van der Waals surface area contributed by atoms with E-state index in [2.05, 4.69) is 12.2 Å². The molecule has 0 spiro atoms. The van der Waals surface area contributed by atoms with Crippen LogP contribution in [0.25, 0.3) is 0 Å². The van der Waals surface area contributed by atoms with E-state index in [9.17, 15) is 20.1 Å². The fourth-order valence-corrected chi connectivity index (χ4v) is 3.76. The van der Waals surface area contributed by atoms with Gasteiger partial charge in [0.25, 0.3) is 0 Å². The van der Waals surface area contributed by atoms with E-state index in [0.717, 1.165) is 25.7 Å². The standard InChI is InChI=1S/C21H25Cl2NO4/c1-3-4-5-6-12(2)18-17(8-7-15(20(18)26)21(27)28)24-11-13-9-14(22)10-16(23)19(13)25/h7-10,12,24-26H,3-6,11H2,1-2H3,(H,27,28).